The van der Waals surface area contributed by atoms with Crippen molar-refractivity contribution in [1.29, 1.82) is 0 Å². The molecular formula is C15H31ClN2O2. The Bertz CT molecular complexity index is 258. The lowest BCUT2D eigenvalue weighted by Gasteiger charge is -2.27. The number of likely N-dealkylation sites (N-methyl/N-ethyl adjacent to an activating group) is 1. The van der Waals surface area contributed by atoms with E-state index in [1.165, 1.54) is 19.3 Å². The first kappa shape index (κ1) is 19.7. The van der Waals surface area contributed by atoms with Gasteiger partial charge in [-0.25, -0.2) is 0 Å². The third-order valence-corrected chi connectivity index (χ3v) is 3.71. The van der Waals surface area contributed by atoms with Gasteiger partial charge in [0.2, 0.25) is 5.91 Å². The van der Waals surface area contributed by atoms with Gasteiger partial charge in [0, 0.05) is 12.6 Å². The summed E-state index contributed by atoms with van der Waals surface area (Å²) in [6.45, 7) is 7.75. The zero-order valence-electron chi connectivity index (χ0n) is 13.1. The first-order chi connectivity index (χ1) is 9.17. The molecule has 1 rings (SSSR count). The van der Waals surface area contributed by atoms with E-state index in [2.05, 4.69) is 24.5 Å². The van der Waals surface area contributed by atoms with E-state index in [1.54, 1.807) is 0 Å². The first-order valence-electron chi connectivity index (χ1n) is 7.83. The largest absolute Gasteiger partial charge is 0.365 e. The maximum atomic E-state index is 12.1. The van der Waals surface area contributed by atoms with E-state index < -0.39 is 0 Å². The number of hydrogen-bond donors (Lipinski definition) is 2. The maximum Gasteiger partial charge on any atom is 0.249 e. The molecule has 120 valence electrons. The van der Waals surface area contributed by atoms with Crippen LogP contribution in [0.3, 0.4) is 0 Å². The van der Waals surface area contributed by atoms with Gasteiger partial charge in [-0.1, -0.05) is 33.1 Å². The summed E-state index contributed by atoms with van der Waals surface area (Å²) in [5, 5.41) is 6.27. The second-order valence-corrected chi connectivity index (χ2v) is 5.50. The highest BCUT2D eigenvalue weighted by molar-refractivity contribution is 5.85. The van der Waals surface area contributed by atoms with Crippen molar-refractivity contribution in [3.8, 4) is 0 Å². The standard InChI is InChI=1S/C15H30N2O2.ClH/c1-4-14(19-13-9-7-6-8-10-13)15(18)17-11-12(3)16-5-2;/h12-14,16H,4-11H2,1-3H3,(H,17,18);1H/t12-,14?;/m1./s1. The monoisotopic (exact) mass is 306 g/mol. The second kappa shape index (κ2) is 11.4. The molecule has 1 fully saturated rings. The number of rotatable bonds is 8. The van der Waals surface area contributed by atoms with Crippen molar-refractivity contribution in [3.05, 3.63) is 0 Å². The first-order valence-corrected chi connectivity index (χ1v) is 7.83. The molecule has 1 unspecified atom stereocenters. The van der Waals surface area contributed by atoms with E-state index in [0.717, 1.165) is 25.8 Å². The molecule has 20 heavy (non-hydrogen) atoms. The lowest BCUT2D eigenvalue weighted by Crippen LogP contribution is -2.44. The Labute approximate surface area is 129 Å². The molecule has 0 spiro atoms. The second-order valence-electron chi connectivity index (χ2n) is 5.50. The van der Waals surface area contributed by atoms with Gasteiger partial charge in [-0.15, -0.1) is 12.4 Å². The minimum atomic E-state index is -0.281. The van der Waals surface area contributed by atoms with E-state index in [4.69, 9.17) is 4.74 Å². The van der Waals surface area contributed by atoms with Gasteiger partial charge < -0.3 is 15.4 Å². The Morgan fingerprint density at radius 1 is 1.25 bits per heavy atom. The predicted octanol–water partition coefficient (Wildman–Crippen LogP) is 2.65. The van der Waals surface area contributed by atoms with E-state index in [-0.39, 0.29) is 30.5 Å². The normalized spacial score (nSPS) is 18.9. The van der Waals surface area contributed by atoms with Crippen LogP contribution in [0.15, 0.2) is 0 Å². The van der Waals surface area contributed by atoms with E-state index in [1.807, 2.05) is 6.92 Å². The van der Waals surface area contributed by atoms with Crippen LogP contribution >= 0.6 is 12.4 Å². The molecule has 0 aromatic carbocycles. The summed E-state index contributed by atoms with van der Waals surface area (Å²) in [5.41, 5.74) is 0. The molecule has 1 aliphatic carbocycles. The van der Waals surface area contributed by atoms with Gasteiger partial charge in [-0.3, -0.25) is 4.79 Å². The van der Waals surface area contributed by atoms with Gasteiger partial charge in [0.1, 0.15) is 6.10 Å². The summed E-state index contributed by atoms with van der Waals surface area (Å²) < 4.78 is 5.96. The molecule has 5 heteroatoms. The fraction of sp³-hybridized carbons (Fsp3) is 0.933. The molecule has 0 heterocycles. The fourth-order valence-electron chi connectivity index (χ4n) is 2.57. The van der Waals surface area contributed by atoms with Crippen molar-refractivity contribution in [2.45, 2.75) is 77.5 Å². The third-order valence-electron chi connectivity index (χ3n) is 3.71. The highest BCUT2D eigenvalue weighted by atomic mass is 35.5. The molecule has 1 aliphatic rings. The Balaban J connectivity index is 0.00000361. The Morgan fingerprint density at radius 3 is 2.45 bits per heavy atom. The zero-order valence-corrected chi connectivity index (χ0v) is 13.9. The van der Waals surface area contributed by atoms with Crippen molar-refractivity contribution in [3.63, 3.8) is 0 Å². The number of nitrogens with one attached hydrogen (secondary N) is 2. The molecular weight excluding hydrogens is 276 g/mol. The number of carbonyl (C=O) groups is 1. The minimum absolute atomic E-state index is 0. The highest BCUT2D eigenvalue weighted by Crippen LogP contribution is 2.22. The van der Waals surface area contributed by atoms with Crippen LogP contribution < -0.4 is 10.6 Å². The highest BCUT2D eigenvalue weighted by Gasteiger charge is 2.23. The zero-order chi connectivity index (χ0) is 14.1. The topological polar surface area (TPSA) is 50.4 Å². The lowest BCUT2D eigenvalue weighted by atomic mass is 9.97. The van der Waals surface area contributed by atoms with Crippen molar-refractivity contribution < 1.29 is 9.53 Å². The van der Waals surface area contributed by atoms with Crippen LogP contribution in [0, 0.1) is 0 Å². The number of carbonyl (C=O) groups excluding carboxylic acids is 1. The fourth-order valence-corrected chi connectivity index (χ4v) is 2.57. The van der Waals surface area contributed by atoms with Crippen molar-refractivity contribution in [1.82, 2.24) is 10.6 Å². The van der Waals surface area contributed by atoms with E-state index in [0.29, 0.717) is 12.6 Å². The van der Waals surface area contributed by atoms with Crippen molar-refractivity contribution in [2.75, 3.05) is 13.1 Å². The van der Waals surface area contributed by atoms with Crippen LogP contribution in [0.2, 0.25) is 0 Å². The van der Waals surface area contributed by atoms with Crippen LogP contribution in [-0.4, -0.2) is 37.2 Å². The van der Waals surface area contributed by atoms with Crippen LogP contribution in [0.1, 0.15) is 59.3 Å². The van der Waals surface area contributed by atoms with E-state index in [9.17, 15) is 4.79 Å². The van der Waals surface area contributed by atoms with Gasteiger partial charge in [0.25, 0.3) is 0 Å². The molecule has 2 atom stereocenters. The Hall–Kier alpha value is -0.320. The quantitative estimate of drug-likeness (QED) is 0.725. The summed E-state index contributed by atoms with van der Waals surface area (Å²) in [6.07, 6.45) is 6.75. The smallest absolute Gasteiger partial charge is 0.249 e. The average Bonchev–Trinajstić information content (AvgIpc) is 2.43. The number of amides is 1. The van der Waals surface area contributed by atoms with Crippen LogP contribution in [0.4, 0.5) is 0 Å². The van der Waals surface area contributed by atoms with E-state index >= 15 is 0 Å². The van der Waals surface area contributed by atoms with Gasteiger partial charge >= 0.3 is 0 Å². The van der Waals surface area contributed by atoms with Crippen molar-refractivity contribution >= 4 is 18.3 Å². The molecule has 0 bridgehead atoms. The molecule has 4 nitrogen and oxygen atoms in total. The summed E-state index contributed by atoms with van der Waals surface area (Å²) in [5.74, 6) is 0.0397. The summed E-state index contributed by atoms with van der Waals surface area (Å²) in [6, 6.07) is 0.307. The third kappa shape index (κ3) is 7.46. The summed E-state index contributed by atoms with van der Waals surface area (Å²) in [7, 11) is 0. The average molecular weight is 307 g/mol. The van der Waals surface area contributed by atoms with Gasteiger partial charge in [-0.05, 0) is 32.7 Å². The number of hydrogen-bond acceptors (Lipinski definition) is 3. The van der Waals surface area contributed by atoms with Crippen LogP contribution in [0.25, 0.3) is 0 Å². The van der Waals surface area contributed by atoms with Crippen LogP contribution in [-0.2, 0) is 9.53 Å². The molecule has 0 aliphatic heterocycles. The summed E-state index contributed by atoms with van der Waals surface area (Å²) >= 11 is 0. The Kier molecular flexibility index (Phi) is 11.2. The summed E-state index contributed by atoms with van der Waals surface area (Å²) in [4.78, 5) is 12.1. The molecule has 1 amide bonds. The molecule has 1 saturated carbocycles. The molecule has 0 aromatic heterocycles. The maximum absolute atomic E-state index is 12.1. The predicted molar refractivity (Wildman–Crippen MR) is 85.4 cm³/mol. The molecule has 0 saturated heterocycles. The molecule has 0 radical (unpaired) electrons. The number of ether oxygens (including phenoxy) is 1. The minimum Gasteiger partial charge on any atom is -0.365 e. The number of halogens is 1. The SMILES string of the molecule is CCN[C@H](C)CNC(=O)C(CC)OC1CCCCC1.Cl. The molecule has 2 N–H and O–H groups in total. The van der Waals surface area contributed by atoms with Crippen LogP contribution in [0.5, 0.6) is 0 Å². The van der Waals surface area contributed by atoms with Crippen molar-refractivity contribution in [2.24, 2.45) is 0 Å². The lowest BCUT2D eigenvalue weighted by molar-refractivity contribution is -0.138. The van der Waals surface area contributed by atoms with Gasteiger partial charge in [0.05, 0.1) is 6.10 Å². The van der Waals surface area contributed by atoms with Gasteiger partial charge in [0.15, 0.2) is 0 Å². The van der Waals surface area contributed by atoms with Gasteiger partial charge in [-0.2, -0.15) is 0 Å². The molecule has 0 aromatic rings. The Morgan fingerprint density at radius 2 is 1.90 bits per heavy atom.